The fourth-order valence-electron chi connectivity index (χ4n) is 2.62. The lowest BCUT2D eigenvalue weighted by molar-refractivity contribution is -0.113. The molecule has 2 aromatic carbocycles. The monoisotopic (exact) mass is 399 g/mol. The third-order valence-electron chi connectivity index (χ3n) is 3.90. The summed E-state index contributed by atoms with van der Waals surface area (Å²) in [5.41, 5.74) is 1.39. The summed E-state index contributed by atoms with van der Waals surface area (Å²) in [5.74, 6) is 1.99. The number of benzene rings is 2. The number of hydrogen-bond acceptors (Lipinski definition) is 8. The van der Waals surface area contributed by atoms with Gasteiger partial charge in [0.1, 0.15) is 19.0 Å². The van der Waals surface area contributed by atoms with Crippen LogP contribution >= 0.6 is 11.8 Å². The van der Waals surface area contributed by atoms with E-state index >= 15 is 0 Å². The lowest BCUT2D eigenvalue weighted by atomic mass is 10.2. The van der Waals surface area contributed by atoms with Gasteiger partial charge >= 0.3 is 0 Å². The molecule has 0 fully saturated rings. The molecule has 4 rings (SSSR count). The van der Waals surface area contributed by atoms with Gasteiger partial charge in [-0.15, -0.1) is 5.10 Å². The van der Waals surface area contributed by atoms with E-state index in [0.29, 0.717) is 41.3 Å². The van der Waals surface area contributed by atoms with E-state index in [1.165, 1.54) is 11.8 Å². The summed E-state index contributed by atoms with van der Waals surface area (Å²) in [5, 5.41) is 15.1. The largest absolute Gasteiger partial charge is 0.497 e. The van der Waals surface area contributed by atoms with Crippen LogP contribution in [0.4, 0.5) is 5.69 Å². The Bertz CT molecular complexity index is 994. The molecule has 28 heavy (non-hydrogen) atoms. The number of nitrogens with zero attached hydrogens (tertiary/aromatic N) is 4. The van der Waals surface area contributed by atoms with Crippen molar-refractivity contribution in [3.05, 3.63) is 42.5 Å². The number of carbonyl (C=O) groups is 1. The van der Waals surface area contributed by atoms with Crippen LogP contribution in [0, 0.1) is 0 Å². The van der Waals surface area contributed by atoms with Crippen molar-refractivity contribution in [2.45, 2.75) is 5.16 Å². The Hall–Kier alpha value is -3.27. The smallest absolute Gasteiger partial charge is 0.234 e. The van der Waals surface area contributed by atoms with Crippen molar-refractivity contribution in [3.8, 4) is 22.9 Å². The zero-order chi connectivity index (χ0) is 19.3. The molecule has 0 saturated heterocycles. The minimum atomic E-state index is -0.171. The summed E-state index contributed by atoms with van der Waals surface area (Å²) in [6, 6.07) is 12.6. The van der Waals surface area contributed by atoms with Gasteiger partial charge in [0, 0.05) is 17.8 Å². The lowest BCUT2D eigenvalue weighted by Crippen LogP contribution is -2.16. The van der Waals surface area contributed by atoms with Crippen LogP contribution in [0.5, 0.6) is 17.2 Å². The number of methoxy groups -OCH3 is 1. The number of ether oxygens (including phenoxy) is 3. The van der Waals surface area contributed by atoms with Crippen molar-refractivity contribution >= 4 is 23.4 Å². The Labute approximate surface area is 165 Å². The highest BCUT2D eigenvalue weighted by Gasteiger charge is 2.16. The quantitative estimate of drug-likeness (QED) is 0.630. The molecule has 0 unspecified atom stereocenters. The first-order valence-electron chi connectivity index (χ1n) is 8.48. The number of anilines is 1. The van der Waals surface area contributed by atoms with Crippen molar-refractivity contribution in [1.29, 1.82) is 0 Å². The maximum absolute atomic E-state index is 12.3. The summed E-state index contributed by atoms with van der Waals surface area (Å²) < 4.78 is 17.8. The molecule has 144 valence electrons. The Balaban J connectivity index is 1.42. The first kappa shape index (κ1) is 18.1. The molecule has 2 heterocycles. The number of aromatic nitrogens is 4. The van der Waals surface area contributed by atoms with Crippen molar-refractivity contribution in [3.63, 3.8) is 0 Å². The van der Waals surface area contributed by atoms with Crippen LogP contribution in [-0.2, 0) is 4.79 Å². The predicted molar refractivity (Wildman–Crippen MR) is 102 cm³/mol. The fourth-order valence-corrected chi connectivity index (χ4v) is 3.31. The van der Waals surface area contributed by atoms with E-state index < -0.39 is 0 Å². The molecular weight excluding hydrogens is 382 g/mol. The first-order chi connectivity index (χ1) is 13.7. The second kappa shape index (κ2) is 8.17. The topological polar surface area (TPSA) is 100 Å². The number of rotatable bonds is 6. The average Bonchev–Trinajstić information content (AvgIpc) is 3.20. The molecular formula is C18H17N5O4S. The van der Waals surface area contributed by atoms with Crippen molar-refractivity contribution in [2.24, 2.45) is 0 Å². The molecule has 1 N–H and O–H groups in total. The number of carbonyl (C=O) groups excluding carboxylic acids is 1. The third-order valence-corrected chi connectivity index (χ3v) is 4.82. The van der Waals surface area contributed by atoms with E-state index in [9.17, 15) is 4.79 Å². The van der Waals surface area contributed by atoms with Crippen LogP contribution in [-0.4, -0.2) is 52.2 Å². The summed E-state index contributed by atoms with van der Waals surface area (Å²) >= 11 is 1.23. The SMILES string of the molecule is COc1cccc(NC(=O)CSc2nnnn2-c2ccc3c(c2)OCCO3)c1. The Morgan fingerprint density at radius 3 is 2.93 bits per heavy atom. The van der Waals surface area contributed by atoms with Crippen LogP contribution in [0.1, 0.15) is 0 Å². The number of hydrogen-bond donors (Lipinski definition) is 1. The van der Waals surface area contributed by atoms with Gasteiger partial charge in [-0.25, -0.2) is 0 Å². The van der Waals surface area contributed by atoms with Crippen LogP contribution in [0.3, 0.4) is 0 Å². The standard InChI is InChI=1S/C18H17N5O4S/c1-25-14-4-2-3-12(9-14)19-17(24)11-28-18-20-21-22-23(18)13-5-6-15-16(10-13)27-8-7-26-15/h2-6,9-10H,7-8,11H2,1H3,(H,19,24). The zero-order valence-corrected chi connectivity index (χ0v) is 15.8. The van der Waals surface area contributed by atoms with Gasteiger partial charge < -0.3 is 19.5 Å². The van der Waals surface area contributed by atoms with E-state index in [0.717, 1.165) is 5.69 Å². The molecule has 0 radical (unpaired) electrons. The highest BCUT2D eigenvalue weighted by Crippen LogP contribution is 2.32. The fraction of sp³-hybridized carbons (Fsp3) is 0.222. The van der Waals surface area contributed by atoms with E-state index in [1.807, 2.05) is 30.3 Å². The molecule has 0 bridgehead atoms. The molecule has 1 aliphatic rings. The Morgan fingerprint density at radius 1 is 1.21 bits per heavy atom. The molecule has 0 aliphatic carbocycles. The molecule has 1 aliphatic heterocycles. The zero-order valence-electron chi connectivity index (χ0n) is 15.0. The average molecular weight is 399 g/mol. The molecule has 0 atom stereocenters. The molecule has 9 nitrogen and oxygen atoms in total. The normalized spacial score (nSPS) is 12.5. The van der Waals surface area contributed by atoms with Crippen LogP contribution in [0.25, 0.3) is 5.69 Å². The molecule has 1 amide bonds. The summed E-state index contributed by atoms with van der Waals surface area (Å²) in [6.07, 6.45) is 0. The minimum Gasteiger partial charge on any atom is -0.497 e. The second-order valence-corrected chi connectivity index (χ2v) is 6.71. The van der Waals surface area contributed by atoms with E-state index in [-0.39, 0.29) is 11.7 Å². The van der Waals surface area contributed by atoms with Gasteiger partial charge in [0.25, 0.3) is 0 Å². The van der Waals surface area contributed by atoms with Crippen LogP contribution in [0.15, 0.2) is 47.6 Å². The van der Waals surface area contributed by atoms with Crippen LogP contribution in [0.2, 0.25) is 0 Å². The highest BCUT2D eigenvalue weighted by molar-refractivity contribution is 7.99. The van der Waals surface area contributed by atoms with Gasteiger partial charge in [0.2, 0.25) is 11.1 Å². The summed E-state index contributed by atoms with van der Waals surface area (Å²) in [7, 11) is 1.58. The summed E-state index contributed by atoms with van der Waals surface area (Å²) in [6.45, 7) is 1.03. The van der Waals surface area contributed by atoms with Gasteiger partial charge in [-0.1, -0.05) is 17.8 Å². The Kier molecular flexibility index (Phi) is 5.29. The van der Waals surface area contributed by atoms with Crippen molar-refractivity contribution in [2.75, 3.05) is 31.4 Å². The third kappa shape index (κ3) is 4.01. The molecule has 0 spiro atoms. The first-order valence-corrected chi connectivity index (χ1v) is 9.46. The van der Waals surface area contributed by atoms with Gasteiger partial charge in [-0.2, -0.15) is 4.68 Å². The predicted octanol–water partition coefficient (Wildman–Crippen LogP) is 2.17. The van der Waals surface area contributed by atoms with Gasteiger partial charge in [-0.3, -0.25) is 4.79 Å². The lowest BCUT2D eigenvalue weighted by Gasteiger charge is -2.18. The number of fused-ring (bicyclic) bond motifs is 1. The van der Waals surface area contributed by atoms with Gasteiger partial charge in [0.05, 0.1) is 18.6 Å². The van der Waals surface area contributed by atoms with E-state index in [4.69, 9.17) is 14.2 Å². The molecule has 1 aromatic heterocycles. The number of thioether (sulfide) groups is 1. The highest BCUT2D eigenvalue weighted by atomic mass is 32.2. The van der Waals surface area contributed by atoms with Crippen molar-refractivity contribution in [1.82, 2.24) is 20.2 Å². The molecule has 3 aromatic rings. The maximum atomic E-state index is 12.3. The number of tetrazole rings is 1. The van der Waals surface area contributed by atoms with E-state index in [1.54, 1.807) is 23.9 Å². The number of amides is 1. The van der Waals surface area contributed by atoms with Gasteiger partial charge in [-0.05, 0) is 34.7 Å². The molecule has 10 heteroatoms. The maximum Gasteiger partial charge on any atom is 0.234 e. The Morgan fingerprint density at radius 2 is 2.07 bits per heavy atom. The van der Waals surface area contributed by atoms with Crippen molar-refractivity contribution < 1.29 is 19.0 Å². The summed E-state index contributed by atoms with van der Waals surface area (Å²) in [4.78, 5) is 12.3. The van der Waals surface area contributed by atoms with Crippen LogP contribution < -0.4 is 19.5 Å². The minimum absolute atomic E-state index is 0.155. The second-order valence-electron chi connectivity index (χ2n) is 5.77. The van der Waals surface area contributed by atoms with E-state index in [2.05, 4.69) is 20.8 Å². The van der Waals surface area contributed by atoms with Gasteiger partial charge in [0.15, 0.2) is 11.5 Å². The number of nitrogens with one attached hydrogen (secondary N) is 1. The molecule has 0 saturated carbocycles.